The molecule has 0 aliphatic rings. The SMILES string of the molecule is CNC(C)Cc1noc(-c2ccc(-n3nc(C)c(Cl)c3C)cc2)n1.Cl. The molecular formula is C17H21Cl2N5O. The first-order valence-electron chi connectivity index (χ1n) is 7.82. The topological polar surface area (TPSA) is 68.8 Å². The number of nitrogens with zero attached hydrogens (tertiary/aromatic N) is 4. The van der Waals surface area contributed by atoms with Gasteiger partial charge in [0, 0.05) is 18.0 Å². The lowest BCUT2D eigenvalue weighted by molar-refractivity contribution is 0.418. The maximum atomic E-state index is 6.21. The highest BCUT2D eigenvalue weighted by molar-refractivity contribution is 6.31. The summed E-state index contributed by atoms with van der Waals surface area (Å²) in [4.78, 5) is 4.45. The van der Waals surface area contributed by atoms with Gasteiger partial charge in [-0.25, -0.2) is 4.68 Å². The molecule has 0 aliphatic heterocycles. The summed E-state index contributed by atoms with van der Waals surface area (Å²) in [7, 11) is 1.91. The van der Waals surface area contributed by atoms with Crippen LogP contribution in [0.2, 0.25) is 5.02 Å². The smallest absolute Gasteiger partial charge is 0.257 e. The minimum Gasteiger partial charge on any atom is -0.334 e. The van der Waals surface area contributed by atoms with E-state index >= 15 is 0 Å². The van der Waals surface area contributed by atoms with Crippen molar-refractivity contribution < 1.29 is 4.52 Å². The minimum absolute atomic E-state index is 0. The molecule has 0 aliphatic carbocycles. The second-order valence-corrected chi connectivity index (χ2v) is 6.23. The van der Waals surface area contributed by atoms with Crippen molar-refractivity contribution in [1.82, 2.24) is 25.2 Å². The predicted octanol–water partition coefficient (Wildman–Crippen LogP) is 3.76. The first-order valence-corrected chi connectivity index (χ1v) is 8.19. The number of hydrogen-bond donors (Lipinski definition) is 1. The average molecular weight is 382 g/mol. The molecule has 0 radical (unpaired) electrons. The fourth-order valence-electron chi connectivity index (χ4n) is 2.45. The molecule has 0 saturated heterocycles. The second-order valence-electron chi connectivity index (χ2n) is 5.85. The lowest BCUT2D eigenvalue weighted by Crippen LogP contribution is -2.24. The van der Waals surface area contributed by atoms with Gasteiger partial charge < -0.3 is 9.84 Å². The van der Waals surface area contributed by atoms with E-state index in [2.05, 4.69) is 27.5 Å². The van der Waals surface area contributed by atoms with E-state index < -0.39 is 0 Å². The molecule has 3 rings (SSSR count). The zero-order valence-corrected chi connectivity index (χ0v) is 16.1. The number of halogens is 2. The van der Waals surface area contributed by atoms with Crippen LogP contribution in [-0.4, -0.2) is 33.0 Å². The van der Waals surface area contributed by atoms with Crippen molar-refractivity contribution in [2.45, 2.75) is 33.2 Å². The number of aryl methyl sites for hydroxylation is 1. The van der Waals surface area contributed by atoms with E-state index in [1.165, 1.54) is 0 Å². The van der Waals surface area contributed by atoms with Gasteiger partial charge in [0.2, 0.25) is 0 Å². The van der Waals surface area contributed by atoms with Gasteiger partial charge in [-0.3, -0.25) is 0 Å². The molecule has 0 fully saturated rings. The zero-order chi connectivity index (χ0) is 17.3. The van der Waals surface area contributed by atoms with Gasteiger partial charge in [0.25, 0.3) is 5.89 Å². The maximum Gasteiger partial charge on any atom is 0.257 e. The molecule has 6 nitrogen and oxygen atoms in total. The Hall–Kier alpha value is -1.89. The first kappa shape index (κ1) is 19.4. The number of benzene rings is 1. The van der Waals surface area contributed by atoms with Crippen LogP contribution in [-0.2, 0) is 6.42 Å². The van der Waals surface area contributed by atoms with Crippen molar-refractivity contribution in [3.63, 3.8) is 0 Å². The normalized spacial score (nSPS) is 12.0. The van der Waals surface area contributed by atoms with Crippen molar-refractivity contribution in [2.24, 2.45) is 0 Å². The van der Waals surface area contributed by atoms with Gasteiger partial charge in [0.15, 0.2) is 5.82 Å². The van der Waals surface area contributed by atoms with Gasteiger partial charge in [0.1, 0.15) is 0 Å². The molecule has 2 heterocycles. The van der Waals surface area contributed by atoms with Crippen LogP contribution in [0.1, 0.15) is 24.1 Å². The Morgan fingerprint density at radius 2 is 1.92 bits per heavy atom. The Bertz CT molecular complexity index is 841. The molecule has 1 atom stereocenters. The molecule has 8 heteroatoms. The van der Waals surface area contributed by atoms with Crippen molar-refractivity contribution in [1.29, 1.82) is 0 Å². The molecule has 0 saturated carbocycles. The summed E-state index contributed by atoms with van der Waals surface area (Å²) >= 11 is 6.21. The predicted molar refractivity (Wildman–Crippen MR) is 101 cm³/mol. The summed E-state index contributed by atoms with van der Waals surface area (Å²) in [6.45, 7) is 5.92. The summed E-state index contributed by atoms with van der Waals surface area (Å²) < 4.78 is 7.18. The van der Waals surface area contributed by atoms with E-state index in [1.807, 2.05) is 49.8 Å². The monoisotopic (exact) mass is 381 g/mol. The van der Waals surface area contributed by atoms with Gasteiger partial charge in [-0.1, -0.05) is 16.8 Å². The highest BCUT2D eigenvalue weighted by Gasteiger charge is 2.13. The number of rotatable bonds is 5. The fraction of sp³-hybridized carbons (Fsp3) is 0.353. The van der Waals surface area contributed by atoms with E-state index in [4.69, 9.17) is 16.1 Å². The lowest BCUT2D eigenvalue weighted by Gasteiger charge is -2.05. The largest absolute Gasteiger partial charge is 0.334 e. The molecule has 0 spiro atoms. The molecule has 134 valence electrons. The van der Waals surface area contributed by atoms with Crippen molar-refractivity contribution >= 4 is 24.0 Å². The van der Waals surface area contributed by atoms with Crippen LogP contribution in [0.25, 0.3) is 17.1 Å². The van der Waals surface area contributed by atoms with Crippen LogP contribution in [0.3, 0.4) is 0 Å². The summed E-state index contributed by atoms with van der Waals surface area (Å²) in [6, 6.07) is 8.11. The maximum absolute atomic E-state index is 6.21. The van der Waals surface area contributed by atoms with Gasteiger partial charge in [-0.2, -0.15) is 10.1 Å². The molecule has 2 aromatic heterocycles. The van der Waals surface area contributed by atoms with E-state index in [0.29, 0.717) is 22.8 Å². The Labute approximate surface area is 158 Å². The highest BCUT2D eigenvalue weighted by atomic mass is 35.5. The van der Waals surface area contributed by atoms with Crippen molar-refractivity contribution in [3.05, 3.63) is 46.5 Å². The van der Waals surface area contributed by atoms with Crippen LogP contribution in [0.4, 0.5) is 0 Å². The minimum atomic E-state index is 0. The third-order valence-electron chi connectivity index (χ3n) is 4.01. The standard InChI is InChI=1S/C17H20ClN5O.ClH/c1-10(19-4)9-15-20-17(24-22-15)13-5-7-14(8-6-13)23-12(3)16(18)11(2)21-23;/h5-8,10,19H,9H2,1-4H3;1H. The van der Waals surface area contributed by atoms with Crippen LogP contribution in [0, 0.1) is 13.8 Å². The van der Waals surface area contributed by atoms with Gasteiger partial charge in [-0.05, 0) is 52.1 Å². The van der Waals surface area contributed by atoms with Crippen molar-refractivity contribution in [3.8, 4) is 17.1 Å². The molecule has 0 bridgehead atoms. The number of nitrogens with one attached hydrogen (secondary N) is 1. The van der Waals surface area contributed by atoms with Crippen LogP contribution < -0.4 is 5.32 Å². The molecule has 1 N–H and O–H groups in total. The number of likely N-dealkylation sites (N-methyl/N-ethyl adjacent to an activating group) is 1. The Balaban J connectivity index is 0.00000225. The van der Waals surface area contributed by atoms with Crippen molar-refractivity contribution in [2.75, 3.05) is 7.05 Å². The van der Waals surface area contributed by atoms with E-state index in [-0.39, 0.29) is 12.4 Å². The molecular weight excluding hydrogens is 361 g/mol. The summed E-state index contributed by atoms with van der Waals surface area (Å²) in [5.74, 6) is 1.22. The second kappa shape index (κ2) is 7.99. The molecule has 25 heavy (non-hydrogen) atoms. The lowest BCUT2D eigenvalue weighted by atomic mass is 10.2. The Morgan fingerprint density at radius 3 is 2.48 bits per heavy atom. The summed E-state index contributed by atoms with van der Waals surface area (Å²) in [6.07, 6.45) is 0.725. The van der Waals surface area contributed by atoms with E-state index in [9.17, 15) is 0 Å². The van der Waals surface area contributed by atoms with E-state index in [1.54, 1.807) is 0 Å². The first-order chi connectivity index (χ1) is 11.5. The quantitative estimate of drug-likeness (QED) is 0.728. The molecule has 1 aromatic carbocycles. The summed E-state index contributed by atoms with van der Waals surface area (Å²) in [5, 5.41) is 12.3. The molecule has 3 aromatic rings. The van der Waals surface area contributed by atoms with Gasteiger partial charge in [-0.15, -0.1) is 12.4 Å². The average Bonchev–Trinajstić information content (AvgIpc) is 3.15. The van der Waals surface area contributed by atoms with E-state index in [0.717, 1.165) is 29.1 Å². The van der Waals surface area contributed by atoms with Crippen LogP contribution in [0.5, 0.6) is 0 Å². The zero-order valence-electron chi connectivity index (χ0n) is 14.6. The Morgan fingerprint density at radius 1 is 1.24 bits per heavy atom. The number of hydrogen-bond acceptors (Lipinski definition) is 5. The van der Waals surface area contributed by atoms with Crippen LogP contribution in [0.15, 0.2) is 28.8 Å². The molecule has 0 amide bonds. The fourth-order valence-corrected chi connectivity index (χ4v) is 2.57. The van der Waals surface area contributed by atoms with Crippen LogP contribution >= 0.6 is 24.0 Å². The third kappa shape index (κ3) is 4.03. The van der Waals surface area contributed by atoms with Gasteiger partial charge in [0.05, 0.1) is 22.1 Å². The third-order valence-corrected chi connectivity index (χ3v) is 4.56. The molecule has 1 unspecified atom stereocenters. The van der Waals surface area contributed by atoms with Gasteiger partial charge >= 0.3 is 0 Å². The number of aromatic nitrogens is 4. The Kier molecular flexibility index (Phi) is 6.21. The highest BCUT2D eigenvalue weighted by Crippen LogP contribution is 2.24. The summed E-state index contributed by atoms with van der Waals surface area (Å²) in [5.41, 5.74) is 3.55.